The molecule has 0 unspecified atom stereocenters. The lowest BCUT2D eigenvalue weighted by Gasteiger charge is -2.33. The molecule has 146 valence electrons. The van der Waals surface area contributed by atoms with Gasteiger partial charge in [0.1, 0.15) is 5.75 Å². The minimum atomic E-state index is -0.723. The summed E-state index contributed by atoms with van der Waals surface area (Å²) in [6, 6.07) is 17.9. The third kappa shape index (κ3) is 3.15. The Kier molecular flexibility index (Phi) is 4.84. The Labute approximate surface area is 165 Å². The van der Waals surface area contributed by atoms with E-state index < -0.39 is 5.41 Å². The highest BCUT2D eigenvalue weighted by Crippen LogP contribution is 2.44. The fourth-order valence-corrected chi connectivity index (χ4v) is 4.68. The minimum absolute atomic E-state index is 0.0619. The first-order valence-corrected chi connectivity index (χ1v) is 9.77. The molecule has 0 aliphatic carbocycles. The van der Waals surface area contributed by atoms with Gasteiger partial charge in [-0.05, 0) is 36.1 Å². The van der Waals surface area contributed by atoms with E-state index in [1.165, 1.54) is 0 Å². The van der Waals surface area contributed by atoms with Crippen LogP contribution in [0.3, 0.4) is 0 Å². The summed E-state index contributed by atoms with van der Waals surface area (Å²) in [6.07, 6.45) is 2.09. The second-order valence-electron chi connectivity index (χ2n) is 7.88. The van der Waals surface area contributed by atoms with Crippen LogP contribution in [0.1, 0.15) is 30.4 Å². The SMILES string of the molecule is COc1cccc([C@]2(C(=O)N(C)Cc3ccccc3)C[C@@H]3CCC(=O)N3C2)c1. The fraction of sp³-hybridized carbons (Fsp3) is 0.391. The van der Waals surface area contributed by atoms with Crippen LogP contribution in [0.4, 0.5) is 0 Å². The molecule has 28 heavy (non-hydrogen) atoms. The molecule has 0 aromatic heterocycles. The van der Waals surface area contributed by atoms with Crippen molar-refractivity contribution >= 4 is 11.8 Å². The molecule has 2 aromatic rings. The van der Waals surface area contributed by atoms with Crippen molar-refractivity contribution in [2.45, 2.75) is 37.3 Å². The van der Waals surface area contributed by atoms with E-state index in [9.17, 15) is 9.59 Å². The average Bonchev–Trinajstić information content (AvgIpc) is 3.28. The summed E-state index contributed by atoms with van der Waals surface area (Å²) in [5, 5.41) is 0. The Bertz CT molecular complexity index is 882. The lowest BCUT2D eigenvalue weighted by molar-refractivity contribution is -0.137. The number of hydrogen-bond acceptors (Lipinski definition) is 3. The third-order valence-electron chi connectivity index (χ3n) is 6.12. The lowest BCUT2D eigenvalue weighted by Crippen LogP contribution is -2.47. The molecule has 2 atom stereocenters. The number of methoxy groups -OCH3 is 1. The second-order valence-corrected chi connectivity index (χ2v) is 7.88. The van der Waals surface area contributed by atoms with Crippen molar-refractivity contribution in [3.05, 3.63) is 65.7 Å². The van der Waals surface area contributed by atoms with Crippen molar-refractivity contribution in [1.82, 2.24) is 9.80 Å². The molecule has 5 heteroatoms. The number of likely N-dealkylation sites (N-methyl/N-ethyl adjacent to an activating group) is 1. The number of ether oxygens (including phenoxy) is 1. The Balaban J connectivity index is 1.69. The van der Waals surface area contributed by atoms with Crippen LogP contribution >= 0.6 is 0 Å². The van der Waals surface area contributed by atoms with Crippen LogP contribution < -0.4 is 4.74 Å². The van der Waals surface area contributed by atoms with Crippen LogP contribution in [0.2, 0.25) is 0 Å². The molecule has 2 fully saturated rings. The summed E-state index contributed by atoms with van der Waals surface area (Å²) < 4.78 is 5.40. The zero-order valence-electron chi connectivity index (χ0n) is 16.4. The topological polar surface area (TPSA) is 49.9 Å². The molecule has 0 radical (unpaired) electrons. The van der Waals surface area contributed by atoms with Gasteiger partial charge in [0, 0.05) is 32.6 Å². The van der Waals surface area contributed by atoms with Gasteiger partial charge in [-0.1, -0.05) is 42.5 Å². The minimum Gasteiger partial charge on any atom is -0.497 e. The van der Waals surface area contributed by atoms with Gasteiger partial charge in [-0.25, -0.2) is 0 Å². The highest BCUT2D eigenvalue weighted by atomic mass is 16.5. The highest BCUT2D eigenvalue weighted by Gasteiger charge is 2.54. The molecule has 2 aliphatic heterocycles. The van der Waals surface area contributed by atoms with Gasteiger partial charge in [0.25, 0.3) is 0 Å². The largest absolute Gasteiger partial charge is 0.497 e. The number of carbonyl (C=O) groups excluding carboxylic acids is 2. The van der Waals surface area contributed by atoms with Gasteiger partial charge in [0.15, 0.2) is 0 Å². The van der Waals surface area contributed by atoms with E-state index in [-0.39, 0.29) is 17.9 Å². The standard InChI is InChI=1S/C23H26N2O3/c1-24(15-17-7-4-3-5-8-17)22(27)23(18-9-6-10-20(13-18)28-2)14-19-11-12-21(26)25(19)16-23/h3-10,13,19H,11-12,14-16H2,1-2H3/t19-,23-/m0/s1. The predicted octanol–water partition coefficient (Wildman–Crippen LogP) is 2.99. The summed E-state index contributed by atoms with van der Waals surface area (Å²) >= 11 is 0. The molecule has 4 rings (SSSR count). The Morgan fingerprint density at radius 2 is 2.00 bits per heavy atom. The molecular weight excluding hydrogens is 352 g/mol. The van der Waals surface area contributed by atoms with Crippen molar-refractivity contribution < 1.29 is 14.3 Å². The van der Waals surface area contributed by atoms with Crippen molar-refractivity contribution in [3.63, 3.8) is 0 Å². The van der Waals surface area contributed by atoms with Gasteiger partial charge < -0.3 is 14.5 Å². The molecule has 2 aliphatic rings. The molecule has 0 saturated carbocycles. The number of amides is 2. The van der Waals surface area contributed by atoms with Crippen molar-refractivity contribution in [2.24, 2.45) is 0 Å². The molecule has 2 heterocycles. The van der Waals surface area contributed by atoms with Gasteiger partial charge in [-0.2, -0.15) is 0 Å². The Morgan fingerprint density at radius 3 is 2.71 bits per heavy atom. The van der Waals surface area contributed by atoms with E-state index in [0.717, 1.165) is 23.3 Å². The van der Waals surface area contributed by atoms with Gasteiger partial charge in [0.05, 0.1) is 12.5 Å². The van der Waals surface area contributed by atoms with Gasteiger partial charge >= 0.3 is 0 Å². The van der Waals surface area contributed by atoms with Crippen molar-refractivity contribution in [2.75, 3.05) is 20.7 Å². The van der Waals surface area contributed by atoms with Crippen LogP contribution in [-0.2, 0) is 21.5 Å². The summed E-state index contributed by atoms with van der Waals surface area (Å²) in [5.74, 6) is 0.953. The highest BCUT2D eigenvalue weighted by molar-refractivity contribution is 5.91. The molecular formula is C23H26N2O3. The molecule has 5 nitrogen and oxygen atoms in total. The van der Waals surface area contributed by atoms with E-state index in [4.69, 9.17) is 4.74 Å². The van der Waals surface area contributed by atoms with E-state index in [2.05, 4.69) is 0 Å². The third-order valence-corrected chi connectivity index (χ3v) is 6.12. The average molecular weight is 378 g/mol. The van der Waals surface area contributed by atoms with E-state index in [1.807, 2.05) is 66.5 Å². The molecule has 2 aromatic carbocycles. The molecule has 0 spiro atoms. The van der Waals surface area contributed by atoms with Gasteiger partial charge in [0.2, 0.25) is 11.8 Å². The first-order valence-electron chi connectivity index (χ1n) is 9.77. The fourth-order valence-electron chi connectivity index (χ4n) is 4.68. The van der Waals surface area contributed by atoms with Crippen LogP contribution in [-0.4, -0.2) is 48.4 Å². The summed E-state index contributed by atoms with van der Waals surface area (Å²) in [4.78, 5) is 29.8. The zero-order valence-corrected chi connectivity index (χ0v) is 16.4. The summed E-state index contributed by atoms with van der Waals surface area (Å²) in [6.45, 7) is 0.992. The molecule has 0 bridgehead atoms. The summed E-state index contributed by atoms with van der Waals surface area (Å²) in [5.41, 5.74) is 1.30. The zero-order chi connectivity index (χ0) is 19.7. The summed E-state index contributed by atoms with van der Waals surface area (Å²) in [7, 11) is 3.48. The molecule has 0 N–H and O–H groups in total. The van der Waals surface area contributed by atoms with Crippen LogP contribution in [0.15, 0.2) is 54.6 Å². The number of nitrogens with zero attached hydrogens (tertiary/aromatic N) is 2. The lowest BCUT2D eigenvalue weighted by atomic mass is 9.76. The molecule has 2 amide bonds. The number of fused-ring (bicyclic) bond motifs is 1. The maximum atomic E-state index is 13.8. The maximum absolute atomic E-state index is 13.8. The van der Waals surface area contributed by atoms with E-state index >= 15 is 0 Å². The van der Waals surface area contributed by atoms with Crippen molar-refractivity contribution in [1.29, 1.82) is 0 Å². The maximum Gasteiger partial charge on any atom is 0.235 e. The first-order chi connectivity index (χ1) is 13.5. The number of carbonyl (C=O) groups is 2. The van der Waals surface area contributed by atoms with Crippen LogP contribution in [0, 0.1) is 0 Å². The smallest absolute Gasteiger partial charge is 0.235 e. The quantitative estimate of drug-likeness (QED) is 0.804. The van der Waals surface area contributed by atoms with Crippen LogP contribution in [0.5, 0.6) is 5.75 Å². The number of rotatable bonds is 5. The first kappa shape index (κ1) is 18.5. The van der Waals surface area contributed by atoms with Crippen LogP contribution in [0.25, 0.3) is 0 Å². The Hall–Kier alpha value is -2.82. The van der Waals surface area contributed by atoms with Gasteiger partial charge in [-0.3, -0.25) is 9.59 Å². The second kappa shape index (κ2) is 7.30. The normalized spacial score (nSPS) is 23.6. The van der Waals surface area contributed by atoms with Gasteiger partial charge in [-0.15, -0.1) is 0 Å². The van der Waals surface area contributed by atoms with Crippen molar-refractivity contribution in [3.8, 4) is 5.75 Å². The number of hydrogen-bond donors (Lipinski definition) is 0. The van der Waals surface area contributed by atoms with E-state index in [0.29, 0.717) is 25.9 Å². The Morgan fingerprint density at radius 1 is 1.21 bits per heavy atom. The number of benzene rings is 2. The molecule has 2 saturated heterocycles. The van der Waals surface area contributed by atoms with E-state index in [1.54, 1.807) is 12.0 Å². The predicted molar refractivity (Wildman–Crippen MR) is 107 cm³/mol. The monoisotopic (exact) mass is 378 g/mol.